The van der Waals surface area contributed by atoms with Gasteiger partial charge in [0.1, 0.15) is 5.65 Å². The number of rotatable bonds is 5. The number of aromatic amines is 1. The van der Waals surface area contributed by atoms with E-state index in [0.717, 1.165) is 24.8 Å². The molecule has 0 unspecified atom stereocenters. The fourth-order valence-corrected chi connectivity index (χ4v) is 4.10. The van der Waals surface area contributed by atoms with Crippen LogP contribution in [0.1, 0.15) is 60.0 Å². The summed E-state index contributed by atoms with van der Waals surface area (Å²) < 4.78 is 1.53. The first kappa shape index (κ1) is 18.3. The summed E-state index contributed by atoms with van der Waals surface area (Å²) in [5, 5.41) is 0.377. The van der Waals surface area contributed by atoms with E-state index in [9.17, 15) is 14.4 Å². The third-order valence-electron chi connectivity index (χ3n) is 5.55. The quantitative estimate of drug-likeness (QED) is 0.692. The molecule has 1 aliphatic carbocycles. The van der Waals surface area contributed by atoms with Gasteiger partial charge in [-0.05, 0) is 29.9 Å². The van der Waals surface area contributed by atoms with E-state index in [1.807, 2.05) is 30.3 Å². The second-order valence-electron chi connectivity index (χ2n) is 7.41. The summed E-state index contributed by atoms with van der Waals surface area (Å²) in [6.07, 6.45) is 5.38. The number of H-pyrrole nitrogens is 1. The third-order valence-corrected chi connectivity index (χ3v) is 5.55. The molecule has 1 aromatic carbocycles. The van der Waals surface area contributed by atoms with Crippen LogP contribution in [0.2, 0.25) is 0 Å². The summed E-state index contributed by atoms with van der Waals surface area (Å²) in [5.74, 6) is 0.0132. The van der Waals surface area contributed by atoms with Gasteiger partial charge < -0.3 is 0 Å². The van der Waals surface area contributed by atoms with E-state index in [-0.39, 0.29) is 11.7 Å². The molecular formula is C22H23N3O3. The maximum Gasteiger partial charge on any atom is 0.329 e. The highest BCUT2D eigenvalue weighted by Crippen LogP contribution is 2.34. The van der Waals surface area contributed by atoms with E-state index in [1.165, 1.54) is 10.8 Å². The van der Waals surface area contributed by atoms with Crippen molar-refractivity contribution in [2.45, 2.75) is 51.5 Å². The van der Waals surface area contributed by atoms with Gasteiger partial charge in [-0.25, -0.2) is 9.78 Å². The molecule has 1 N–H and O–H groups in total. The van der Waals surface area contributed by atoms with Crippen LogP contribution in [-0.2, 0) is 13.0 Å². The monoisotopic (exact) mass is 377 g/mol. The smallest absolute Gasteiger partial charge is 0.294 e. The second-order valence-corrected chi connectivity index (χ2v) is 7.41. The van der Waals surface area contributed by atoms with Crippen molar-refractivity contribution in [2.75, 3.05) is 0 Å². The van der Waals surface area contributed by atoms with Gasteiger partial charge in [0.25, 0.3) is 5.56 Å². The predicted octanol–water partition coefficient (Wildman–Crippen LogP) is 3.19. The molecule has 2 aromatic heterocycles. The number of hydrogen-bond acceptors (Lipinski definition) is 4. The van der Waals surface area contributed by atoms with Crippen LogP contribution in [0, 0.1) is 0 Å². The van der Waals surface area contributed by atoms with Crippen molar-refractivity contribution in [3.63, 3.8) is 0 Å². The van der Waals surface area contributed by atoms with Gasteiger partial charge in [0.2, 0.25) is 0 Å². The molecule has 0 amide bonds. The Labute approximate surface area is 162 Å². The van der Waals surface area contributed by atoms with Gasteiger partial charge in [0.15, 0.2) is 5.78 Å². The highest BCUT2D eigenvalue weighted by molar-refractivity contribution is 6.02. The summed E-state index contributed by atoms with van der Waals surface area (Å²) in [4.78, 5) is 44.6. The van der Waals surface area contributed by atoms with E-state index < -0.39 is 11.2 Å². The Morgan fingerprint density at radius 3 is 2.64 bits per heavy atom. The van der Waals surface area contributed by atoms with Crippen LogP contribution in [-0.4, -0.2) is 20.3 Å². The molecule has 0 saturated heterocycles. The average molecular weight is 377 g/mol. The third kappa shape index (κ3) is 3.19. The lowest BCUT2D eigenvalue weighted by Gasteiger charge is -2.25. The number of carbonyl (C=O) groups is 1. The maximum atomic E-state index is 12.8. The van der Waals surface area contributed by atoms with Crippen LogP contribution in [0.3, 0.4) is 0 Å². The van der Waals surface area contributed by atoms with Crippen molar-refractivity contribution in [1.82, 2.24) is 14.5 Å². The number of hydrogen-bond donors (Lipinski definition) is 1. The maximum absolute atomic E-state index is 12.8. The fraction of sp³-hybridized carbons (Fsp3) is 0.364. The Kier molecular flexibility index (Phi) is 4.94. The molecule has 0 radical (unpaired) electrons. The Morgan fingerprint density at radius 1 is 1.11 bits per heavy atom. The molecule has 0 spiro atoms. The first-order valence-electron chi connectivity index (χ1n) is 9.83. The molecule has 0 bridgehead atoms. The lowest BCUT2D eigenvalue weighted by atomic mass is 9.79. The molecule has 4 rings (SSSR count). The summed E-state index contributed by atoms with van der Waals surface area (Å²) in [7, 11) is 0. The molecule has 144 valence electrons. The van der Waals surface area contributed by atoms with Crippen molar-refractivity contribution >= 4 is 16.8 Å². The fourth-order valence-electron chi connectivity index (χ4n) is 4.10. The average Bonchev–Trinajstić information content (AvgIpc) is 2.70. The van der Waals surface area contributed by atoms with Crippen molar-refractivity contribution < 1.29 is 4.79 Å². The Morgan fingerprint density at radius 2 is 1.89 bits per heavy atom. The van der Waals surface area contributed by atoms with Crippen LogP contribution in [0.5, 0.6) is 0 Å². The number of fused-ring (bicyclic) bond motifs is 3. The van der Waals surface area contributed by atoms with Crippen LogP contribution in [0.15, 0.2) is 46.1 Å². The van der Waals surface area contributed by atoms with Gasteiger partial charge in [0, 0.05) is 24.7 Å². The molecule has 6 nitrogen and oxygen atoms in total. The molecule has 3 aromatic rings. The molecule has 1 aliphatic rings. The molecule has 0 aliphatic heterocycles. The van der Waals surface area contributed by atoms with E-state index in [4.69, 9.17) is 0 Å². The number of benzene rings is 1. The zero-order valence-electron chi connectivity index (χ0n) is 15.9. The van der Waals surface area contributed by atoms with E-state index in [2.05, 4.69) is 16.9 Å². The summed E-state index contributed by atoms with van der Waals surface area (Å²) >= 11 is 0. The molecule has 0 fully saturated rings. The highest BCUT2D eigenvalue weighted by atomic mass is 16.2. The van der Waals surface area contributed by atoms with Crippen LogP contribution in [0.25, 0.3) is 11.0 Å². The molecule has 1 atom stereocenters. The van der Waals surface area contributed by atoms with Gasteiger partial charge in [0.05, 0.1) is 5.39 Å². The number of nitrogens with one attached hydrogen (secondary N) is 1. The number of aryl methyl sites for hydroxylation is 1. The minimum absolute atomic E-state index is 0.00682. The SMILES string of the molecule is CCCCCn1c(=O)[nH]c(=O)c2c3c(cnc21)C(=O)C[C@H](c1ccccc1)C3. The van der Waals surface area contributed by atoms with Gasteiger partial charge in [-0.3, -0.25) is 19.1 Å². The van der Waals surface area contributed by atoms with E-state index in [1.54, 1.807) is 0 Å². The zero-order valence-corrected chi connectivity index (χ0v) is 15.9. The number of unbranched alkanes of at least 4 members (excludes halogenated alkanes) is 2. The minimum Gasteiger partial charge on any atom is -0.294 e. The van der Waals surface area contributed by atoms with Crippen molar-refractivity contribution in [1.29, 1.82) is 0 Å². The number of carbonyl (C=O) groups excluding carboxylic acids is 1. The van der Waals surface area contributed by atoms with Crippen LogP contribution < -0.4 is 11.2 Å². The summed E-state index contributed by atoms with van der Waals surface area (Å²) in [6, 6.07) is 9.88. The van der Waals surface area contributed by atoms with Crippen LogP contribution >= 0.6 is 0 Å². The molecule has 2 heterocycles. The van der Waals surface area contributed by atoms with Gasteiger partial charge in [-0.15, -0.1) is 0 Å². The topological polar surface area (TPSA) is 84.8 Å². The van der Waals surface area contributed by atoms with E-state index >= 15 is 0 Å². The number of ketones is 1. The Hall–Kier alpha value is -3.02. The molecule has 6 heteroatoms. The standard InChI is InChI=1S/C22H23N3O3/c1-2-3-7-10-25-20-19(21(27)24-22(25)28)16-11-15(14-8-5-4-6-9-14)12-18(26)17(16)13-23-20/h4-6,8-9,13,15H,2-3,7,10-12H2,1H3,(H,24,27,28)/t15-/m1/s1. The lowest BCUT2D eigenvalue weighted by Crippen LogP contribution is -2.33. The van der Waals surface area contributed by atoms with Crippen molar-refractivity contribution in [3.8, 4) is 0 Å². The van der Waals surface area contributed by atoms with Gasteiger partial charge in [-0.2, -0.15) is 0 Å². The number of Topliss-reactive ketones (excluding diaryl/α,β-unsaturated/α-hetero) is 1. The van der Waals surface area contributed by atoms with E-state index in [0.29, 0.717) is 41.5 Å². The van der Waals surface area contributed by atoms with Gasteiger partial charge in [-0.1, -0.05) is 50.1 Å². The first-order valence-corrected chi connectivity index (χ1v) is 9.83. The van der Waals surface area contributed by atoms with Crippen molar-refractivity contribution in [3.05, 3.63) is 74.1 Å². The number of nitrogens with zero attached hydrogens (tertiary/aromatic N) is 2. The first-order chi connectivity index (χ1) is 13.6. The summed E-state index contributed by atoms with van der Waals surface area (Å²) in [6.45, 7) is 2.60. The van der Waals surface area contributed by atoms with Gasteiger partial charge >= 0.3 is 5.69 Å². The largest absolute Gasteiger partial charge is 0.329 e. The van der Waals surface area contributed by atoms with Crippen molar-refractivity contribution in [2.24, 2.45) is 0 Å². The van der Waals surface area contributed by atoms with Crippen LogP contribution in [0.4, 0.5) is 0 Å². The molecular weight excluding hydrogens is 354 g/mol. The lowest BCUT2D eigenvalue weighted by molar-refractivity contribution is 0.0964. The Bertz CT molecular complexity index is 1150. The zero-order chi connectivity index (χ0) is 19.7. The predicted molar refractivity (Wildman–Crippen MR) is 108 cm³/mol. The normalized spacial score (nSPS) is 16.3. The highest BCUT2D eigenvalue weighted by Gasteiger charge is 2.29. The number of aromatic nitrogens is 3. The molecule has 0 saturated carbocycles. The minimum atomic E-state index is -0.461. The Balaban J connectivity index is 1.87. The summed E-state index contributed by atoms with van der Waals surface area (Å²) in [5.41, 5.74) is 1.77. The number of pyridine rings is 1. The second kappa shape index (κ2) is 7.54. The molecule has 28 heavy (non-hydrogen) atoms.